The van der Waals surface area contributed by atoms with E-state index in [9.17, 15) is 15.0 Å². The number of carbonyl (C=O) groups excluding carboxylic acids is 1. The molecule has 2 aliphatic heterocycles. The van der Waals surface area contributed by atoms with E-state index in [0.29, 0.717) is 31.1 Å². The van der Waals surface area contributed by atoms with Gasteiger partial charge < -0.3 is 19.7 Å². The molecule has 5 nitrogen and oxygen atoms in total. The van der Waals surface area contributed by atoms with E-state index in [1.54, 1.807) is 0 Å². The lowest BCUT2D eigenvalue weighted by molar-refractivity contribution is -0.175. The van der Waals surface area contributed by atoms with Crippen LogP contribution in [-0.2, 0) is 14.3 Å². The first kappa shape index (κ1) is 21.1. The van der Waals surface area contributed by atoms with Gasteiger partial charge in [-0.05, 0) is 64.7 Å². The van der Waals surface area contributed by atoms with Gasteiger partial charge in [-0.1, -0.05) is 13.8 Å². The summed E-state index contributed by atoms with van der Waals surface area (Å²) in [4.78, 5) is 11.9. The first-order valence-electron chi connectivity index (χ1n) is 10.7. The van der Waals surface area contributed by atoms with Gasteiger partial charge in [-0.25, -0.2) is 0 Å². The molecule has 0 aromatic carbocycles. The highest BCUT2D eigenvalue weighted by Gasteiger charge is 2.63. The third kappa shape index (κ3) is 3.92. The van der Waals surface area contributed by atoms with E-state index in [0.717, 1.165) is 19.3 Å². The second-order valence-corrected chi connectivity index (χ2v) is 10.5. The molecule has 1 saturated carbocycles. The van der Waals surface area contributed by atoms with Gasteiger partial charge in [-0.15, -0.1) is 0 Å². The van der Waals surface area contributed by atoms with Gasteiger partial charge in [0.2, 0.25) is 0 Å². The van der Waals surface area contributed by atoms with Crippen LogP contribution in [0.5, 0.6) is 0 Å². The highest BCUT2D eigenvalue weighted by molar-refractivity contribution is 5.66. The predicted octanol–water partition coefficient (Wildman–Crippen LogP) is 3.45. The summed E-state index contributed by atoms with van der Waals surface area (Å²) in [5.74, 6) is 0.709. The lowest BCUT2D eigenvalue weighted by atomic mass is 9.57. The summed E-state index contributed by atoms with van der Waals surface area (Å²) in [5, 5.41) is 22.3. The molecule has 0 spiro atoms. The number of carbonyl (C=O) groups is 1. The van der Waals surface area contributed by atoms with Crippen LogP contribution in [0, 0.1) is 23.7 Å². The predicted molar refractivity (Wildman–Crippen MR) is 103 cm³/mol. The molecule has 0 amide bonds. The van der Waals surface area contributed by atoms with E-state index in [2.05, 4.69) is 13.8 Å². The Hall–Kier alpha value is -0.650. The average Bonchev–Trinajstić information content (AvgIpc) is 2.87. The summed E-state index contributed by atoms with van der Waals surface area (Å²) in [6.45, 7) is 11.7. The molecule has 2 heterocycles. The van der Waals surface area contributed by atoms with Crippen molar-refractivity contribution >= 4 is 5.97 Å². The first-order chi connectivity index (χ1) is 12.4. The number of rotatable bonds is 2. The summed E-state index contributed by atoms with van der Waals surface area (Å²) in [7, 11) is 0. The van der Waals surface area contributed by atoms with Gasteiger partial charge in [-0.2, -0.15) is 0 Å². The maximum atomic E-state index is 11.9. The summed E-state index contributed by atoms with van der Waals surface area (Å²) < 4.78 is 12.4. The SMILES string of the molecule is CC(=O)O[C@@]1(C)CC[C@@H](C(C)C)[C@H]2[C@@H]1[C@@H]1C[C@@](C)(O)CCC[C@](C)(O)[C@H]2O1. The van der Waals surface area contributed by atoms with Crippen LogP contribution in [-0.4, -0.2) is 45.2 Å². The highest BCUT2D eigenvalue weighted by Crippen LogP contribution is 2.57. The van der Waals surface area contributed by atoms with Crippen LogP contribution in [0.4, 0.5) is 0 Å². The standard InChI is InChI=1S/C22H38O5/c1-13(2)15-8-11-22(6,27-14(3)23)18-16-12-20(4,24)9-7-10-21(5,25)19(26-16)17(15)18/h13,15-19,24-25H,7-12H2,1-6H3/t15-,16-,17-,18-,19-,20-,21-,22-/m0/s1. The van der Waals surface area contributed by atoms with Gasteiger partial charge in [0.15, 0.2) is 0 Å². The largest absolute Gasteiger partial charge is 0.459 e. The zero-order chi connectivity index (χ0) is 20.2. The molecule has 3 fully saturated rings. The Kier molecular flexibility index (Phi) is 5.46. The topological polar surface area (TPSA) is 76.0 Å². The fraction of sp³-hybridized carbons (Fsp3) is 0.955. The lowest BCUT2D eigenvalue weighted by Gasteiger charge is -2.50. The minimum Gasteiger partial charge on any atom is -0.459 e. The van der Waals surface area contributed by atoms with E-state index in [1.807, 2.05) is 20.8 Å². The van der Waals surface area contributed by atoms with Crippen LogP contribution in [0.25, 0.3) is 0 Å². The van der Waals surface area contributed by atoms with Gasteiger partial charge in [0.25, 0.3) is 0 Å². The third-order valence-electron chi connectivity index (χ3n) is 7.55. The minimum atomic E-state index is -0.945. The van der Waals surface area contributed by atoms with E-state index >= 15 is 0 Å². The Bertz CT molecular complexity index is 569. The maximum Gasteiger partial charge on any atom is 0.303 e. The molecule has 27 heavy (non-hydrogen) atoms. The number of fused-ring (bicyclic) bond motifs is 5. The average molecular weight is 383 g/mol. The van der Waals surface area contributed by atoms with Crippen molar-refractivity contribution in [2.45, 2.75) is 109 Å². The molecule has 0 aromatic rings. The number of hydrogen-bond acceptors (Lipinski definition) is 5. The fourth-order valence-electron chi connectivity index (χ4n) is 6.37. The van der Waals surface area contributed by atoms with Crippen molar-refractivity contribution in [1.29, 1.82) is 0 Å². The Balaban J connectivity index is 2.08. The number of ether oxygens (including phenoxy) is 2. The molecule has 156 valence electrons. The molecule has 0 radical (unpaired) electrons. The van der Waals surface area contributed by atoms with E-state index < -0.39 is 16.8 Å². The second-order valence-electron chi connectivity index (χ2n) is 10.5. The van der Waals surface area contributed by atoms with E-state index in [-0.39, 0.29) is 30.0 Å². The van der Waals surface area contributed by atoms with Crippen molar-refractivity contribution in [1.82, 2.24) is 0 Å². The molecule has 0 aromatic heterocycles. The van der Waals surface area contributed by atoms with Gasteiger partial charge in [-0.3, -0.25) is 4.79 Å². The molecule has 2 N–H and O–H groups in total. The Morgan fingerprint density at radius 2 is 1.81 bits per heavy atom. The molecular weight excluding hydrogens is 344 g/mol. The van der Waals surface area contributed by atoms with Crippen molar-refractivity contribution in [3.05, 3.63) is 0 Å². The van der Waals surface area contributed by atoms with Crippen LogP contribution in [0.15, 0.2) is 0 Å². The van der Waals surface area contributed by atoms with Crippen LogP contribution in [0.1, 0.15) is 80.1 Å². The zero-order valence-corrected chi connectivity index (χ0v) is 17.8. The van der Waals surface area contributed by atoms with Crippen molar-refractivity contribution < 1.29 is 24.5 Å². The zero-order valence-electron chi connectivity index (χ0n) is 17.8. The van der Waals surface area contributed by atoms with Gasteiger partial charge in [0, 0.05) is 25.2 Å². The molecule has 3 rings (SSSR count). The molecular formula is C22H38O5. The number of aliphatic hydroxyl groups is 2. The number of hydrogen-bond donors (Lipinski definition) is 2. The Morgan fingerprint density at radius 3 is 2.41 bits per heavy atom. The second kappa shape index (κ2) is 7.00. The van der Waals surface area contributed by atoms with Gasteiger partial charge in [0.05, 0.1) is 23.4 Å². The van der Waals surface area contributed by atoms with E-state index in [4.69, 9.17) is 9.47 Å². The van der Waals surface area contributed by atoms with Crippen LogP contribution in [0.3, 0.4) is 0 Å². The van der Waals surface area contributed by atoms with Gasteiger partial charge >= 0.3 is 5.97 Å². The van der Waals surface area contributed by atoms with E-state index in [1.165, 1.54) is 6.92 Å². The van der Waals surface area contributed by atoms with Gasteiger partial charge in [0.1, 0.15) is 5.60 Å². The molecule has 3 aliphatic rings. The smallest absolute Gasteiger partial charge is 0.303 e. The first-order valence-corrected chi connectivity index (χ1v) is 10.7. The third-order valence-corrected chi connectivity index (χ3v) is 7.55. The Labute approximate surface area is 163 Å². The summed E-state index contributed by atoms with van der Waals surface area (Å²) in [5.41, 5.74) is -2.40. The molecule has 1 aliphatic carbocycles. The number of esters is 1. The minimum absolute atomic E-state index is 0.0106. The molecule has 2 saturated heterocycles. The molecule has 2 bridgehead atoms. The van der Waals surface area contributed by atoms with Crippen LogP contribution >= 0.6 is 0 Å². The maximum absolute atomic E-state index is 11.9. The normalized spacial score (nSPS) is 50.5. The lowest BCUT2D eigenvalue weighted by Crippen LogP contribution is -2.56. The summed E-state index contributed by atoms with van der Waals surface area (Å²) in [6.07, 6.45) is 3.80. The quantitative estimate of drug-likeness (QED) is 0.716. The summed E-state index contributed by atoms with van der Waals surface area (Å²) >= 11 is 0. The van der Waals surface area contributed by atoms with Crippen molar-refractivity contribution in [2.75, 3.05) is 0 Å². The van der Waals surface area contributed by atoms with Crippen molar-refractivity contribution in [3.63, 3.8) is 0 Å². The summed E-state index contributed by atoms with van der Waals surface area (Å²) in [6, 6.07) is 0. The molecule has 0 unspecified atom stereocenters. The highest BCUT2D eigenvalue weighted by atomic mass is 16.6. The van der Waals surface area contributed by atoms with Crippen LogP contribution in [0.2, 0.25) is 0 Å². The van der Waals surface area contributed by atoms with Crippen molar-refractivity contribution in [2.24, 2.45) is 23.7 Å². The van der Waals surface area contributed by atoms with Crippen LogP contribution < -0.4 is 0 Å². The molecule has 5 heteroatoms. The fourth-order valence-corrected chi connectivity index (χ4v) is 6.37. The van der Waals surface area contributed by atoms with Crippen molar-refractivity contribution in [3.8, 4) is 0 Å². The monoisotopic (exact) mass is 382 g/mol. The molecule has 8 atom stereocenters. The Morgan fingerprint density at radius 1 is 1.15 bits per heavy atom.